The Labute approximate surface area is 365 Å². The summed E-state index contributed by atoms with van der Waals surface area (Å²) in [7, 11) is 0. The normalized spacial score (nSPS) is 12.3. The van der Waals surface area contributed by atoms with Gasteiger partial charge in [0.1, 0.15) is 13.2 Å². The maximum Gasteiger partial charge on any atom is 0.306 e. The first-order valence-electron chi connectivity index (χ1n) is 25.5. The molecular formula is C53H96O6. The summed E-state index contributed by atoms with van der Waals surface area (Å²) in [5, 5.41) is 0. The number of hydrogen-bond donors (Lipinski definition) is 0. The zero-order valence-corrected chi connectivity index (χ0v) is 39.3. The molecule has 0 amide bonds. The number of esters is 3. The van der Waals surface area contributed by atoms with Crippen molar-refractivity contribution in [3.63, 3.8) is 0 Å². The molecule has 6 nitrogen and oxygen atoms in total. The van der Waals surface area contributed by atoms with E-state index >= 15 is 0 Å². The molecule has 344 valence electrons. The number of ether oxygens (including phenoxy) is 3. The lowest BCUT2D eigenvalue weighted by Gasteiger charge is -2.18. The second kappa shape index (κ2) is 48.3. The monoisotopic (exact) mass is 829 g/mol. The summed E-state index contributed by atoms with van der Waals surface area (Å²) < 4.78 is 16.8. The van der Waals surface area contributed by atoms with E-state index in [9.17, 15) is 14.4 Å². The Morgan fingerprint density at radius 3 is 1.00 bits per heavy atom. The van der Waals surface area contributed by atoms with Crippen molar-refractivity contribution in [1.29, 1.82) is 0 Å². The van der Waals surface area contributed by atoms with Gasteiger partial charge in [0.25, 0.3) is 0 Å². The van der Waals surface area contributed by atoms with Crippen LogP contribution in [0.15, 0.2) is 36.5 Å². The highest BCUT2D eigenvalue weighted by Gasteiger charge is 2.19. The number of rotatable bonds is 46. The van der Waals surface area contributed by atoms with Gasteiger partial charge in [-0.2, -0.15) is 0 Å². The second-order valence-electron chi connectivity index (χ2n) is 17.1. The Morgan fingerprint density at radius 2 is 0.627 bits per heavy atom. The van der Waals surface area contributed by atoms with E-state index in [-0.39, 0.29) is 31.1 Å². The van der Waals surface area contributed by atoms with Crippen molar-refractivity contribution in [2.45, 2.75) is 271 Å². The second-order valence-corrected chi connectivity index (χ2v) is 17.1. The van der Waals surface area contributed by atoms with Gasteiger partial charge in [-0.05, 0) is 64.2 Å². The van der Waals surface area contributed by atoms with Gasteiger partial charge in [0, 0.05) is 19.3 Å². The van der Waals surface area contributed by atoms with Crippen molar-refractivity contribution in [3.8, 4) is 0 Å². The van der Waals surface area contributed by atoms with Gasteiger partial charge in [0.05, 0.1) is 0 Å². The summed E-state index contributed by atoms with van der Waals surface area (Å²) in [5.74, 6) is -0.893. The molecule has 0 spiro atoms. The molecule has 6 heteroatoms. The minimum atomic E-state index is -0.778. The van der Waals surface area contributed by atoms with E-state index in [0.29, 0.717) is 19.3 Å². The predicted molar refractivity (Wildman–Crippen MR) is 252 cm³/mol. The van der Waals surface area contributed by atoms with Crippen molar-refractivity contribution in [1.82, 2.24) is 0 Å². The lowest BCUT2D eigenvalue weighted by Crippen LogP contribution is -2.30. The summed E-state index contributed by atoms with van der Waals surface area (Å²) in [4.78, 5) is 37.9. The summed E-state index contributed by atoms with van der Waals surface area (Å²) in [6.07, 6.45) is 55.5. The number of unbranched alkanes of at least 4 members (excludes halogenated alkanes) is 29. The molecule has 0 aromatic heterocycles. The maximum absolute atomic E-state index is 12.8. The van der Waals surface area contributed by atoms with E-state index < -0.39 is 6.10 Å². The zero-order chi connectivity index (χ0) is 43.0. The number of hydrogen-bond acceptors (Lipinski definition) is 6. The van der Waals surface area contributed by atoms with Crippen LogP contribution in [-0.2, 0) is 28.6 Å². The molecule has 0 rings (SSSR count). The largest absolute Gasteiger partial charge is 0.462 e. The van der Waals surface area contributed by atoms with E-state index in [0.717, 1.165) is 89.9 Å². The molecule has 0 saturated heterocycles. The molecule has 0 unspecified atom stereocenters. The molecule has 0 aromatic rings. The van der Waals surface area contributed by atoms with Crippen molar-refractivity contribution in [2.75, 3.05) is 13.2 Å². The Balaban J connectivity index is 4.35. The third-order valence-corrected chi connectivity index (χ3v) is 11.1. The minimum Gasteiger partial charge on any atom is -0.462 e. The Morgan fingerprint density at radius 1 is 0.339 bits per heavy atom. The highest BCUT2D eigenvalue weighted by molar-refractivity contribution is 5.71. The van der Waals surface area contributed by atoms with Crippen molar-refractivity contribution in [2.24, 2.45) is 0 Å². The molecule has 0 aromatic carbocycles. The van der Waals surface area contributed by atoms with Gasteiger partial charge < -0.3 is 14.2 Å². The van der Waals surface area contributed by atoms with Crippen LogP contribution >= 0.6 is 0 Å². The lowest BCUT2D eigenvalue weighted by molar-refractivity contribution is -0.167. The number of carbonyl (C=O) groups is 3. The lowest BCUT2D eigenvalue weighted by atomic mass is 10.0. The molecule has 0 radical (unpaired) electrons. The quantitative estimate of drug-likeness (QED) is 0.0263. The Bertz CT molecular complexity index is 1000. The molecule has 0 saturated carbocycles. The summed E-state index contributed by atoms with van der Waals surface area (Å²) >= 11 is 0. The van der Waals surface area contributed by atoms with Crippen LogP contribution in [0.2, 0.25) is 0 Å². The standard InChI is InChI=1S/C53H96O6/c1-4-7-10-13-16-19-22-24-26-27-29-31-34-37-40-43-46-52(55)58-49-50(48-57-51(54)45-42-39-36-33-30-21-18-15-12-9-6-3)59-53(56)47-44-41-38-35-32-28-25-23-20-17-14-11-8-5-2/h14-15,17-18,23,25,50H,4-13,16,19-22,24,26-49H2,1-3H3/b17-14-,18-15-,25-23-/t50-/m1/s1. The fraction of sp³-hybridized carbons (Fsp3) is 0.830. The van der Waals surface area contributed by atoms with Crippen LogP contribution in [0.1, 0.15) is 265 Å². The van der Waals surface area contributed by atoms with E-state index in [1.54, 1.807) is 0 Å². The van der Waals surface area contributed by atoms with E-state index in [1.807, 2.05) is 0 Å². The maximum atomic E-state index is 12.8. The Kier molecular flexibility index (Phi) is 46.4. The van der Waals surface area contributed by atoms with Crippen molar-refractivity contribution in [3.05, 3.63) is 36.5 Å². The summed E-state index contributed by atoms with van der Waals surface area (Å²) in [6.45, 7) is 6.56. The van der Waals surface area contributed by atoms with Gasteiger partial charge in [-0.15, -0.1) is 0 Å². The smallest absolute Gasteiger partial charge is 0.306 e. The van der Waals surface area contributed by atoms with Gasteiger partial charge in [-0.3, -0.25) is 14.4 Å². The van der Waals surface area contributed by atoms with Crippen LogP contribution in [0.5, 0.6) is 0 Å². The van der Waals surface area contributed by atoms with Crippen LogP contribution in [0.25, 0.3) is 0 Å². The van der Waals surface area contributed by atoms with E-state index in [4.69, 9.17) is 14.2 Å². The predicted octanol–water partition coefficient (Wildman–Crippen LogP) is 16.5. The van der Waals surface area contributed by atoms with Crippen LogP contribution in [-0.4, -0.2) is 37.2 Å². The first kappa shape index (κ1) is 56.6. The third kappa shape index (κ3) is 46.5. The average Bonchev–Trinajstić information content (AvgIpc) is 3.23. The van der Waals surface area contributed by atoms with Gasteiger partial charge in [-0.1, -0.05) is 218 Å². The van der Waals surface area contributed by atoms with Crippen LogP contribution in [0.4, 0.5) is 0 Å². The molecule has 0 bridgehead atoms. The van der Waals surface area contributed by atoms with Gasteiger partial charge in [0.15, 0.2) is 6.10 Å². The zero-order valence-electron chi connectivity index (χ0n) is 39.3. The third-order valence-electron chi connectivity index (χ3n) is 11.1. The summed E-state index contributed by atoms with van der Waals surface area (Å²) in [6, 6.07) is 0. The Hall–Kier alpha value is -2.37. The van der Waals surface area contributed by atoms with Crippen molar-refractivity contribution >= 4 is 17.9 Å². The van der Waals surface area contributed by atoms with E-state index in [1.165, 1.54) is 135 Å². The van der Waals surface area contributed by atoms with Crippen LogP contribution in [0.3, 0.4) is 0 Å². The first-order chi connectivity index (χ1) is 29.0. The molecule has 0 aliphatic carbocycles. The van der Waals surface area contributed by atoms with Crippen molar-refractivity contribution < 1.29 is 28.6 Å². The minimum absolute atomic E-state index is 0.0777. The van der Waals surface area contributed by atoms with Gasteiger partial charge >= 0.3 is 17.9 Å². The molecular weight excluding hydrogens is 733 g/mol. The molecule has 0 N–H and O–H groups in total. The van der Waals surface area contributed by atoms with Gasteiger partial charge in [0.2, 0.25) is 0 Å². The molecule has 59 heavy (non-hydrogen) atoms. The fourth-order valence-corrected chi connectivity index (χ4v) is 7.20. The first-order valence-corrected chi connectivity index (χ1v) is 25.5. The molecule has 0 fully saturated rings. The highest BCUT2D eigenvalue weighted by Crippen LogP contribution is 2.15. The van der Waals surface area contributed by atoms with Crippen LogP contribution in [0, 0.1) is 0 Å². The SMILES string of the molecule is CCCC/C=C\C/C=C\CCCCCCCC(=O)O[C@H](COC(=O)CCCCCCC/C=C\CCCC)COC(=O)CCCCCCCCCCCCCCCCCC. The number of allylic oxidation sites excluding steroid dienone is 6. The van der Waals surface area contributed by atoms with Gasteiger partial charge in [-0.25, -0.2) is 0 Å². The molecule has 0 aliphatic rings. The number of carbonyl (C=O) groups excluding carboxylic acids is 3. The molecule has 0 heterocycles. The highest BCUT2D eigenvalue weighted by atomic mass is 16.6. The molecule has 1 atom stereocenters. The topological polar surface area (TPSA) is 78.9 Å². The fourth-order valence-electron chi connectivity index (χ4n) is 7.20. The van der Waals surface area contributed by atoms with Crippen LogP contribution < -0.4 is 0 Å². The van der Waals surface area contributed by atoms with E-state index in [2.05, 4.69) is 57.2 Å². The summed E-state index contributed by atoms with van der Waals surface area (Å²) in [5.41, 5.74) is 0. The average molecular weight is 829 g/mol. The molecule has 0 aliphatic heterocycles.